The Bertz CT molecular complexity index is 235. The molecule has 100 valence electrons. The van der Waals surface area contributed by atoms with Gasteiger partial charge in [0.25, 0.3) is 0 Å². The average Bonchev–Trinajstić information content (AvgIpc) is 2.26. The van der Waals surface area contributed by atoms with E-state index in [2.05, 4.69) is 43.7 Å². The zero-order valence-electron chi connectivity index (χ0n) is 12.0. The monoisotopic (exact) mass is 255 g/mol. The molecule has 1 aliphatic heterocycles. The van der Waals surface area contributed by atoms with Crippen LogP contribution >= 0.6 is 11.8 Å². The van der Waals surface area contributed by atoms with E-state index in [4.69, 9.17) is 0 Å². The van der Waals surface area contributed by atoms with Crippen LogP contribution in [0.5, 0.6) is 0 Å². The quantitative estimate of drug-likeness (QED) is 0.750. The van der Waals surface area contributed by atoms with Gasteiger partial charge in [0.2, 0.25) is 0 Å². The van der Waals surface area contributed by atoms with Gasteiger partial charge in [-0.05, 0) is 49.2 Å². The fourth-order valence-electron chi connectivity index (χ4n) is 3.78. The average molecular weight is 255 g/mol. The van der Waals surface area contributed by atoms with Crippen molar-refractivity contribution in [3.05, 3.63) is 0 Å². The second-order valence-electron chi connectivity index (χ2n) is 6.84. The summed E-state index contributed by atoms with van der Waals surface area (Å²) >= 11 is 2.06. The predicted octanol–water partition coefficient (Wildman–Crippen LogP) is 3.89. The Kier molecular flexibility index (Phi) is 4.46. The number of nitrogens with zero attached hydrogens (tertiary/aromatic N) is 1. The molecule has 0 amide bonds. The van der Waals surface area contributed by atoms with Gasteiger partial charge in [-0.1, -0.05) is 20.8 Å². The molecule has 0 aromatic heterocycles. The van der Waals surface area contributed by atoms with E-state index in [0.29, 0.717) is 0 Å². The minimum atomic E-state index is 0.740. The van der Waals surface area contributed by atoms with Gasteiger partial charge >= 0.3 is 0 Å². The Morgan fingerprint density at radius 1 is 1.18 bits per heavy atom. The number of thioether (sulfide) groups is 1. The first-order valence-electron chi connectivity index (χ1n) is 7.30. The molecule has 1 unspecified atom stereocenters. The van der Waals surface area contributed by atoms with Gasteiger partial charge in [-0.15, -0.1) is 0 Å². The molecule has 1 atom stereocenters. The molecule has 1 nitrogen and oxygen atoms in total. The number of hydrogen-bond acceptors (Lipinski definition) is 2. The fraction of sp³-hybridized carbons (Fsp3) is 1.00. The molecule has 17 heavy (non-hydrogen) atoms. The summed E-state index contributed by atoms with van der Waals surface area (Å²) in [5.74, 6) is 1.83. The summed E-state index contributed by atoms with van der Waals surface area (Å²) in [4.78, 5) is 2.67. The molecule has 0 radical (unpaired) electrons. The standard InChI is InChI=1S/C15H29NS/c1-12(2)9-16-10-15(11-16)7-5-14(6-8-15)13(3)17-4/h12-14H,5-11H2,1-4H3. The maximum absolute atomic E-state index is 2.67. The van der Waals surface area contributed by atoms with Crippen LogP contribution in [-0.2, 0) is 0 Å². The van der Waals surface area contributed by atoms with Gasteiger partial charge < -0.3 is 4.90 Å². The third-order valence-electron chi connectivity index (χ3n) is 4.87. The highest BCUT2D eigenvalue weighted by atomic mass is 32.2. The second kappa shape index (κ2) is 5.52. The van der Waals surface area contributed by atoms with E-state index in [1.807, 2.05) is 0 Å². The Balaban J connectivity index is 1.74. The molecule has 2 fully saturated rings. The van der Waals surface area contributed by atoms with Gasteiger partial charge in [0.1, 0.15) is 0 Å². The summed E-state index contributed by atoms with van der Waals surface area (Å²) in [6.07, 6.45) is 8.23. The molecule has 0 bridgehead atoms. The van der Waals surface area contributed by atoms with Crippen LogP contribution in [-0.4, -0.2) is 36.0 Å². The van der Waals surface area contributed by atoms with Crippen LogP contribution in [0, 0.1) is 17.3 Å². The largest absolute Gasteiger partial charge is 0.302 e. The van der Waals surface area contributed by atoms with E-state index in [1.165, 1.54) is 45.3 Å². The summed E-state index contributed by atoms with van der Waals surface area (Å²) in [5.41, 5.74) is 0.740. The van der Waals surface area contributed by atoms with Crippen LogP contribution in [0.2, 0.25) is 0 Å². The van der Waals surface area contributed by atoms with Gasteiger partial charge in [0.05, 0.1) is 0 Å². The Morgan fingerprint density at radius 2 is 1.76 bits per heavy atom. The minimum Gasteiger partial charge on any atom is -0.302 e. The normalized spacial score (nSPS) is 27.4. The molecular formula is C15H29NS. The third-order valence-corrected chi connectivity index (χ3v) is 6.00. The second-order valence-corrected chi connectivity index (χ2v) is 8.06. The molecule has 2 rings (SSSR count). The molecule has 0 N–H and O–H groups in total. The molecule has 1 saturated carbocycles. The Labute approximate surface area is 112 Å². The predicted molar refractivity (Wildman–Crippen MR) is 78.6 cm³/mol. The van der Waals surface area contributed by atoms with Crippen molar-refractivity contribution in [1.82, 2.24) is 4.90 Å². The lowest BCUT2D eigenvalue weighted by atomic mass is 9.65. The van der Waals surface area contributed by atoms with Crippen molar-refractivity contribution in [2.45, 2.75) is 51.7 Å². The highest BCUT2D eigenvalue weighted by Crippen LogP contribution is 2.47. The third kappa shape index (κ3) is 3.20. The molecule has 2 heteroatoms. The van der Waals surface area contributed by atoms with Gasteiger partial charge in [0.15, 0.2) is 0 Å². The topological polar surface area (TPSA) is 3.24 Å². The number of hydrogen-bond donors (Lipinski definition) is 0. The zero-order valence-corrected chi connectivity index (χ0v) is 12.9. The molecule has 0 aromatic rings. The molecule has 1 heterocycles. The molecule has 1 aliphatic carbocycles. The van der Waals surface area contributed by atoms with Gasteiger partial charge in [-0.25, -0.2) is 0 Å². The van der Waals surface area contributed by atoms with Gasteiger partial charge in [-0.3, -0.25) is 0 Å². The van der Waals surface area contributed by atoms with E-state index in [1.54, 1.807) is 0 Å². The van der Waals surface area contributed by atoms with E-state index < -0.39 is 0 Å². The lowest BCUT2D eigenvalue weighted by Crippen LogP contribution is -2.58. The maximum atomic E-state index is 2.67. The molecule has 1 spiro atoms. The van der Waals surface area contributed by atoms with E-state index in [9.17, 15) is 0 Å². The first kappa shape index (κ1) is 13.7. The van der Waals surface area contributed by atoms with Crippen molar-refractivity contribution in [3.63, 3.8) is 0 Å². The number of likely N-dealkylation sites (tertiary alicyclic amines) is 1. The maximum Gasteiger partial charge on any atom is 0.00506 e. The van der Waals surface area contributed by atoms with Crippen LogP contribution in [0.15, 0.2) is 0 Å². The Morgan fingerprint density at radius 3 is 2.24 bits per heavy atom. The van der Waals surface area contributed by atoms with Crippen molar-refractivity contribution < 1.29 is 0 Å². The number of rotatable bonds is 4. The van der Waals surface area contributed by atoms with E-state index in [-0.39, 0.29) is 0 Å². The lowest BCUT2D eigenvalue weighted by molar-refractivity contribution is -0.0430. The Hall–Kier alpha value is 0.310. The molecular weight excluding hydrogens is 226 g/mol. The molecule has 2 aliphatic rings. The van der Waals surface area contributed by atoms with Crippen molar-refractivity contribution in [2.24, 2.45) is 17.3 Å². The van der Waals surface area contributed by atoms with Crippen LogP contribution in [0.3, 0.4) is 0 Å². The van der Waals surface area contributed by atoms with E-state index >= 15 is 0 Å². The SMILES string of the molecule is CSC(C)C1CCC2(CC1)CN(CC(C)C)C2. The summed E-state index contributed by atoms with van der Waals surface area (Å²) in [5, 5.41) is 0.874. The minimum absolute atomic E-state index is 0.740. The molecule has 1 saturated heterocycles. The summed E-state index contributed by atoms with van der Waals surface area (Å²) in [6.45, 7) is 11.2. The molecule has 0 aromatic carbocycles. The van der Waals surface area contributed by atoms with Crippen LogP contribution in [0.1, 0.15) is 46.5 Å². The highest BCUT2D eigenvalue weighted by molar-refractivity contribution is 7.99. The summed E-state index contributed by atoms with van der Waals surface area (Å²) in [7, 11) is 0. The first-order valence-corrected chi connectivity index (χ1v) is 8.58. The first-order chi connectivity index (χ1) is 8.04. The van der Waals surface area contributed by atoms with Gasteiger partial charge in [0, 0.05) is 24.9 Å². The van der Waals surface area contributed by atoms with Crippen molar-refractivity contribution in [3.8, 4) is 0 Å². The van der Waals surface area contributed by atoms with Crippen LogP contribution in [0.25, 0.3) is 0 Å². The summed E-state index contributed by atoms with van der Waals surface area (Å²) in [6, 6.07) is 0. The lowest BCUT2D eigenvalue weighted by Gasteiger charge is -2.54. The van der Waals surface area contributed by atoms with Gasteiger partial charge in [-0.2, -0.15) is 11.8 Å². The van der Waals surface area contributed by atoms with Crippen LogP contribution < -0.4 is 0 Å². The van der Waals surface area contributed by atoms with E-state index in [0.717, 1.165) is 22.5 Å². The van der Waals surface area contributed by atoms with Crippen LogP contribution in [0.4, 0.5) is 0 Å². The zero-order chi connectivity index (χ0) is 12.5. The van der Waals surface area contributed by atoms with Crippen molar-refractivity contribution >= 4 is 11.8 Å². The highest BCUT2D eigenvalue weighted by Gasteiger charge is 2.45. The van der Waals surface area contributed by atoms with Crippen molar-refractivity contribution in [2.75, 3.05) is 25.9 Å². The van der Waals surface area contributed by atoms with Crippen molar-refractivity contribution in [1.29, 1.82) is 0 Å². The summed E-state index contributed by atoms with van der Waals surface area (Å²) < 4.78 is 0. The smallest absolute Gasteiger partial charge is 0.00506 e. The fourth-order valence-corrected chi connectivity index (χ4v) is 4.44.